The average molecular weight is 485 g/mol. The summed E-state index contributed by atoms with van der Waals surface area (Å²) >= 11 is 6.01. The number of fused-ring (bicyclic) bond motifs is 1. The Morgan fingerprint density at radius 3 is 2.43 bits per heavy atom. The highest BCUT2D eigenvalue weighted by atomic mass is 35.5. The van der Waals surface area contributed by atoms with Crippen LogP contribution in [0.2, 0.25) is 5.02 Å². The topological polar surface area (TPSA) is 67.2 Å². The molecular weight excluding hydrogens is 460 g/mol. The molecule has 0 saturated heterocycles. The third-order valence-electron chi connectivity index (χ3n) is 6.34. The predicted octanol–water partition coefficient (Wildman–Crippen LogP) is 6.01. The van der Waals surface area contributed by atoms with Crippen molar-refractivity contribution in [1.82, 2.24) is 9.78 Å². The van der Waals surface area contributed by atoms with Crippen LogP contribution in [0, 0.1) is 13.8 Å². The molecule has 0 atom stereocenters. The molecule has 5 rings (SSSR count). The standard InChI is InChI=1S/C28H25ClN4O2/c1-18-3-12-24(15-19(18)2)30-28(35)22-6-4-20(5-7-22)17-32-26-16-25(21-8-10-23(29)11-9-21)31-33(26)14-13-27(32)34/h3-12,15-16H,13-14,17H2,1-2H3,(H,30,35). The number of carbonyl (C=O) groups is 2. The Balaban J connectivity index is 1.32. The first-order chi connectivity index (χ1) is 16.9. The fourth-order valence-electron chi connectivity index (χ4n) is 4.15. The minimum absolute atomic E-state index is 0.0524. The van der Waals surface area contributed by atoms with Gasteiger partial charge >= 0.3 is 0 Å². The van der Waals surface area contributed by atoms with Gasteiger partial charge in [0.1, 0.15) is 5.82 Å². The van der Waals surface area contributed by atoms with E-state index in [9.17, 15) is 9.59 Å². The summed E-state index contributed by atoms with van der Waals surface area (Å²) in [7, 11) is 0. The first-order valence-electron chi connectivity index (χ1n) is 11.5. The first kappa shape index (κ1) is 22.9. The van der Waals surface area contributed by atoms with Gasteiger partial charge in [-0.3, -0.25) is 14.5 Å². The molecule has 2 amide bonds. The monoisotopic (exact) mass is 484 g/mol. The molecule has 2 heterocycles. The lowest BCUT2D eigenvalue weighted by Gasteiger charge is -2.27. The van der Waals surface area contributed by atoms with Gasteiger partial charge in [0.2, 0.25) is 5.91 Å². The van der Waals surface area contributed by atoms with Crippen LogP contribution < -0.4 is 10.2 Å². The minimum atomic E-state index is -0.167. The number of hydrogen-bond donors (Lipinski definition) is 1. The summed E-state index contributed by atoms with van der Waals surface area (Å²) in [5.74, 6) is 0.652. The van der Waals surface area contributed by atoms with Crippen molar-refractivity contribution in [2.75, 3.05) is 10.2 Å². The Morgan fingerprint density at radius 2 is 1.71 bits per heavy atom. The zero-order valence-corrected chi connectivity index (χ0v) is 20.3. The fourth-order valence-corrected chi connectivity index (χ4v) is 4.28. The molecule has 0 unspecified atom stereocenters. The quantitative estimate of drug-likeness (QED) is 0.377. The Morgan fingerprint density at radius 1 is 0.971 bits per heavy atom. The molecular formula is C28H25ClN4O2. The Kier molecular flexibility index (Phi) is 6.14. The lowest BCUT2D eigenvalue weighted by atomic mass is 10.1. The Hall–Kier alpha value is -3.90. The number of halogens is 1. The summed E-state index contributed by atoms with van der Waals surface area (Å²) in [5.41, 5.74) is 6.32. The molecule has 35 heavy (non-hydrogen) atoms. The van der Waals surface area contributed by atoms with Crippen molar-refractivity contribution in [3.63, 3.8) is 0 Å². The smallest absolute Gasteiger partial charge is 0.255 e. The van der Waals surface area contributed by atoms with Gasteiger partial charge < -0.3 is 5.32 Å². The van der Waals surface area contributed by atoms with E-state index in [-0.39, 0.29) is 11.8 Å². The third-order valence-corrected chi connectivity index (χ3v) is 6.59. The SMILES string of the molecule is Cc1ccc(NC(=O)c2ccc(CN3C(=O)CCn4nc(-c5ccc(Cl)cc5)cc43)cc2)cc1C. The number of aromatic nitrogens is 2. The van der Waals surface area contributed by atoms with Gasteiger partial charge in [-0.15, -0.1) is 0 Å². The molecule has 1 N–H and O–H groups in total. The highest BCUT2D eigenvalue weighted by Gasteiger charge is 2.26. The molecule has 0 saturated carbocycles. The lowest BCUT2D eigenvalue weighted by molar-refractivity contribution is -0.119. The van der Waals surface area contributed by atoms with Crippen molar-refractivity contribution >= 4 is 34.9 Å². The summed E-state index contributed by atoms with van der Waals surface area (Å²) in [6.45, 7) is 5.02. The molecule has 1 aliphatic heterocycles. The van der Waals surface area contributed by atoms with Crippen LogP contribution in [-0.4, -0.2) is 21.6 Å². The molecule has 0 bridgehead atoms. The first-order valence-corrected chi connectivity index (χ1v) is 11.9. The van der Waals surface area contributed by atoms with Gasteiger partial charge in [0, 0.05) is 34.3 Å². The van der Waals surface area contributed by atoms with Gasteiger partial charge in [-0.25, -0.2) is 4.68 Å². The number of rotatable bonds is 5. The molecule has 7 heteroatoms. The normalized spacial score (nSPS) is 13.0. The molecule has 6 nitrogen and oxygen atoms in total. The van der Waals surface area contributed by atoms with Crippen LogP contribution >= 0.6 is 11.6 Å². The Bertz CT molecular complexity index is 1410. The van der Waals surface area contributed by atoms with Crippen LogP contribution in [0.15, 0.2) is 72.8 Å². The number of amides is 2. The lowest BCUT2D eigenvalue weighted by Crippen LogP contribution is -2.36. The number of aryl methyl sites for hydroxylation is 3. The van der Waals surface area contributed by atoms with E-state index in [0.29, 0.717) is 30.1 Å². The second-order valence-electron chi connectivity index (χ2n) is 8.80. The van der Waals surface area contributed by atoms with E-state index in [1.165, 1.54) is 5.56 Å². The third kappa shape index (κ3) is 4.84. The fraction of sp³-hybridized carbons (Fsp3) is 0.179. The maximum atomic E-state index is 12.8. The highest BCUT2D eigenvalue weighted by Crippen LogP contribution is 2.30. The van der Waals surface area contributed by atoms with E-state index >= 15 is 0 Å². The van der Waals surface area contributed by atoms with Crippen LogP contribution in [0.4, 0.5) is 11.5 Å². The Labute approximate surface area is 209 Å². The number of nitrogens with one attached hydrogen (secondary N) is 1. The molecule has 0 radical (unpaired) electrons. The van der Waals surface area contributed by atoms with Crippen molar-refractivity contribution in [3.05, 3.63) is 100 Å². The van der Waals surface area contributed by atoms with Crippen molar-refractivity contribution < 1.29 is 9.59 Å². The summed E-state index contributed by atoms with van der Waals surface area (Å²) in [6, 6.07) is 22.6. The van der Waals surface area contributed by atoms with Crippen molar-refractivity contribution in [2.24, 2.45) is 0 Å². The van der Waals surface area contributed by atoms with Crippen molar-refractivity contribution in [1.29, 1.82) is 0 Å². The van der Waals surface area contributed by atoms with E-state index in [1.54, 1.807) is 17.0 Å². The van der Waals surface area contributed by atoms with Crippen LogP contribution in [-0.2, 0) is 17.9 Å². The molecule has 3 aromatic carbocycles. The molecule has 4 aromatic rings. The van der Waals surface area contributed by atoms with E-state index in [0.717, 1.165) is 33.9 Å². The summed E-state index contributed by atoms with van der Waals surface area (Å²) in [5, 5.41) is 8.31. The van der Waals surface area contributed by atoms with Gasteiger partial charge in [0.05, 0.1) is 18.8 Å². The number of nitrogens with zero attached hydrogens (tertiary/aromatic N) is 3. The summed E-state index contributed by atoms with van der Waals surface area (Å²) in [6.07, 6.45) is 0.394. The van der Waals surface area contributed by atoms with Gasteiger partial charge in [-0.1, -0.05) is 41.9 Å². The van der Waals surface area contributed by atoms with Gasteiger partial charge in [0.25, 0.3) is 5.91 Å². The van der Waals surface area contributed by atoms with Gasteiger partial charge in [0.15, 0.2) is 0 Å². The zero-order chi connectivity index (χ0) is 24.5. The predicted molar refractivity (Wildman–Crippen MR) is 139 cm³/mol. The van der Waals surface area contributed by atoms with E-state index in [2.05, 4.69) is 5.32 Å². The molecule has 0 fully saturated rings. The van der Waals surface area contributed by atoms with Crippen LogP contribution in [0.25, 0.3) is 11.3 Å². The van der Waals surface area contributed by atoms with E-state index < -0.39 is 0 Å². The zero-order valence-electron chi connectivity index (χ0n) is 19.6. The molecule has 176 valence electrons. The minimum Gasteiger partial charge on any atom is -0.322 e. The number of hydrogen-bond acceptors (Lipinski definition) is 3. The molecule has 1 aliphatic rings. The van der Waals surface area contributed by atoms with Crippen LogP contribution in [0.1, 0.15) is 33.5 Å². The van der Waals surface area contributed by atoms with Crippen molar-refractivity contribution in [2.45, 2.75) is 33.4 Å². The van der Waals surface area contributed by atoms with Gasteiger partial charge in [-0.2, -0.15) is 5.10 Å². The maximum Gasteiger partial charge on any atom is 0.255 e. The second kappa shape index (κ2) is 9.39. The van der Waals surface area contributed by atoms with Crippen LogP contribution in [0.5, 0.6) is 0 Å². The number of anilines is 2. The number of carbonyl (C=O) groups excluding carboxylic acids is 2. The highest BCUT2D eigenvalue weighted by molar-refractivity contribution is 6.30. The largest absolute Gasteiger partial charge is 0.322 e. The molecule has 0 spiro atoms. The summed E-state index contributed by atoms with van der Waals surface area (Å²) < 4.78 is 1.87. The molecule has 1 aromatic heterocycles. The van der Waals surface area contributed by atoms with E-state index in [1.807, 2.05) is 79.2 Å². The number of benzene rings is 3. The second-order valence-corrected chi connectivity index (χ2v) is 9.23. The van der Waals surface area contributed by atoms with Crippen LogP contribution in [0.3, 0.4) is 0 Å². The van der Waals surface area contributed by atoms with Gasteiger partial charge in [-0.05, 0) is 66.9 Å². The summed E-state index contributed by atoms with van der Waals surface area (Å²) in [4.78, 5) is 27.2. The van der Waals surface area contributed by atoms with Crippen molar-refractivity contribution in [3.8, 4) is 11.3 Å². The molecule has 0 aliphatic carbocycles. The maximum absolute atomic E-state index is 12.8. The average Bonchev–Trinajstić information content (AvgIpc) is 3.29. The van der Waals surface area contributed by atoms with E-state index in [4.69, 9.17) is 16.7 Å².